The quantitative estimate of drug-likeness (QED) is 0.630. The molecule has 0 unspecified atom stereocenters. The molecule has 2 aromatic heterocycles. The van der Waals surface area contributed by atoms with Crippen LogP contribution in [-0.4, -0.2) is 26.7 Å². The fraction of sp³-hybridized carbons (Fsp3) is 0.133. The van der Waals surface area contributed by atoms with Gasteiger partial charge in [0.05, 0.1) is 0 Å². The van der Waals surface area contributed by atoms with Crippen LogP contribution in [-0.2, 0) is 0 Å². The van der Waals surface area contributed by atoms with Gasteiger partial charge in [0.15, 0.2) is 11.6 Å². The third-order valence-corrected chi connectivity index (χ3v) is 2.61. The van der Waals surface area contributed by atoms with Crippen molar-refractivity contribution in [3.05, 3.63) is 54.5 Å². The molecule has 20 heavy (non-hydrogen) atoms. The molecule has 100 valence electrons. The Morgan fingerprint density at radius 3 is 2.60 bits per heavy atom. The Balaban J connectivity index is 2.49. The Labute approximate surface area is 117 Å². The first kappa shape index (κ1) is 13.7. The Morgan fingerprint density at radius 2 is 1.95 bits per heavy atom. The zero-order valence-corrected chi connectivity index (χ0v) is 11.5. The second kappa shape index (κ2) is 6.47. The van der Waals surface area contributed by atoms with Gasteiger partial charge >= 0.3 is 0 Å². The van der Waals surface area contributed by atoms with Crippen LogP contribution in [0.5, 0.6) is 0 Å². The molecular weight excluding hydrogens is 250 g/mol. The summed E-state index contributed by atoms with van der Waals surface area (Å²) >= 11 is 0. The molecule has 2 aromatic rings. The summed E-state index contributed by atoms with van der Waals surface area (Å²) in [4.78, 5) is 20.9. The summed E-state index contributed by atoms with van der Waals surface area (Å²) in [5.74, 6) is 1.92. The van der Waals surface area contributed by atoms with Crippen molar-refractivity contribution in [1.29, 1.82) is 0 Å². The second-order valence-electron chi connectivity index (χ2n) is 4.01. The summed E-state index contributed by atoms with van der Waals surface area (Å²) in [6, 6.07) is 3.74. The van der Waals surface area contributed by atoms with Crippen molar-refractivity contribution in [2.24, 2.45) is 4.99 Å². The summed E-state index contributed by atoms with van der Waals surface area (Å²) in [6.07, 6.45) is 8.78. The van der Waals surface area contributed by atoms with Gasteiger partial charge in [-0.15, -0.1) is 0 Å². The summed E-state index contributed by atoms with van der Waals surface area (Å²) in [5, 5.41) is 0. The first-order valence-electron chi connectivity index (χ1n) is 6.16. The van der Waals surface area contributed by atoms with Crippen molar-refractivity contribution in [2.75, 3.05) is 0 Å². The molecule has 5 heteroatoms. The predicted molar refractivity (Wildman–Crippen MR) is 80.1 cm³/mol. The highest BCUT2D eigenvalue weighted by Crippen LogP contribution is 2.17. The first-order valence-corrected chi connectivity index (χ1v) is 6.16. The number of rotatable bonds is 4. The average molecular weight is 265 g/mol. The van der Waals surface area contributed by atoms with Crippen molar-refractivity contribution in [1.82, 2.24) is 19.9 Å². The van der Waals surface area contributed by atoms with Crippen molar-refractivity contribution in [2.45, 2.75) is 13.8 Å². The summed E-state index contributed by atoms with van der Waals surface area (Å²) in [6.45, 7) is 7.19. The second-order valence-corrected chi connectivity index (χ2v) is 4.01. The predicted octanol–water partition coefficient (Wildman–Crippen LogP) is 2.86. The largest absolute Gasteiger partial charge is 0.272 e. The molecule has 0 saturated carbocycles. The third kappa shape index (κ3) is 3.20. The van der Waals surface area contributed by atoms with E-state index in [9.17, 15) is 0 Å². The number of aryl methyl sites for hydroxylation is 1. The minimum atomic E-state index is 0.617. The standard InChI is InChI=1S/C15H15N5/c1-4-12(5-8-16-3)14-18-11(2)19-15(20-14)13-6-9-17-10-7-13/h4-10H,3H2,1-2H3/b8-5-,12-4+. The number of aliphatic imine (C=N–C) groups is 1. The van der Waals surface area contributed by atoms with E-state index in [4.69, 9.17) is 0 Å². The summed E-state index contributed by atoms with van der Waals surface area (Å²) < 4.78 is 0. The fourth-order valence-corrected chi connectivity index (χ4v) is 1.67. The zero-order valence-electron chi connectivity index (χ0n) is 11.5. The monoisotopic (exact) mass is 265 g/mol. The lowest BCUT2D eigenvalue weighted by Gasteiger charge is -2.05. The molecule has 0 aliphatic heterocycles. The molecular formula is C15H15N5. The van der Waals surface area contributed by atoms with E-state index in [1.807, 2.05) is 38.1 Å². The number of hydrogen-bond donors (Lipinski definition) is 0. The van der Waals surface area contributed by atoms with E-state index in [1.54, 1.807) is 18.6 Å². The molecule has 0 spiro atoms. The van der Waals surface area contributed by atoms with E-state index in [-0.39, 0.29) is 0 Å². The number of nitrogens with zero attached hydrogens (tertiary/aromatic N) is 5. The van der Waals surface area contributed by atoms with Gasteiger partial charge in [-0.05, 0) is 38.8 Å². The molecule has 0 bridgehead atoms. The van der Waals surface area contributed by atoms with Crippen LogP contribution in [0.25, 0.3) is 17.0 Å². The molecule has 0 fully saturated rings. The van der Waals surface area contributed by atoms with Crippen LogP contribution >= 0.6 is 0 Å². The molecule has 0 saturated heterocycles. The van der Waals surface area contributed by atoms with Crippen LogP contribution < -0.4 is 0 Å². The maximum atomic E-state index is 4.50. The van der Waals surface area contributed by atoms with Crippen LogP contribution in [0.15, 0.2) is 47.9 Å². The van der Waals surface area contributed by atoms with Gasteiger partial charge in [-0.25, -0.2) is 15.0 Å². The molecule has 0 aliphatic carbocycles. The molecule has 0 aliphatic rings. The maximum absolute atomic E-state index is 4.50. The smallest absolute Gasteiger partial charge is 0.163 e. The molecule has 0 N–H and O–H groups in total. The van der Waals surface area contributed by atoms with Gasteiger partial charge in [-0.2, -0.15) is 0 Å². The molecule has 0 amide bonds. The Hall–Kier alpha value is -2.69. The molecule has 0 aromatic carbocycles. The van der Waals surface area contributed by atoms with Crippen LogP contribution in [0.2, 0.25) is 0 Å². The number of pyridine rings is 1. The average Bonchev–Trinajstić information content (AvgIpc) is 2.48. The lowest BCUT2D eigenvalue weighted by Crippen LogP contribution is -2.01. The molecule has 2 heterocycles. The van der Waals surface area contributed by atoms with Gasteiger partial charge in [-0.3, -0.25) is 9.98 Å². The number of hydrogen-bond acceptors (Lipinski definition) is 5. The van der Waals surface area contributed by atoms with Gasteiger partial charge in [0, 0.05) is 29.7 Å². The van der Waals surface area contributed by atoms with Crippen molar-refractivity contribution < 1.29 is 0 Å². The van der Waals surface area contributed by atoms with Gasteiger partial charge in [0.25, 0.3) is 0 Å². The van der Waals surface area contributed by atoms with E-state index in [1.165, 1.54) is 0 Å². The van der Waals surface area contributed by atoms with Gasteiger partial charge in [0.1, 0.15) is 5.82 Å². The normalized spacial score (nSPS) is 11.8. The minimum absolute atomic E-state index is 0.617. The van der Waals surface area contributed by atoms with E-state index in [2.05, 4.69) is 31.6 Å². The van der Waals surface area contributed by atoms with Crippen LogP contribution in [0.3, 0.4) is 0 Å². The highest BCUT2D eigenvalue weighted by Gasteiger charge is 2.08. The number of aromatic nitrogens is 4. The highest BCUT2D eigenvalue weighted by atomic mass is 15.0. The SMILES string of the molecule is C=N/C=C\C(=C/C)c1nc(C)nc(-c2ccncc2)n1. The van der Waals surface area contributed by atoms with E-state index < -0.39 is 0 Å². The van der Waals surface area contributed by atoms with Gasteiger partial charge in [0.2, 0.25) is 0 Å². The zero-order chi connectivity index (χ0) is 14.4. The van der Waals surface area contributed by atoms with Gasteiger partial charge < -0.3 is 0 Å². The van der Waals surface area contributed by atoms with Crippen molar-refractivity contribution in [3.63, 3.8) is 0 Å². The first-order chi connectivity index (χ1) is 9.74. The van der Waals surface area contributed by atoms with Crippen molar-refractivity contribution >= 4 is 12.3 Å². The molecule has 0 atom stereocenters. The van der Waals surface area contributed by atoms with Gasteiger partial charge in [-0.1, -0.05) is 6.08 Å². The van der Waals surface area contributed by atoms with Crippen molar-refractivity contribution in [3.8, 4) is 11.4 Å². The lowest BCUT2D eigenvalue weighted by atomic mass is 10.2. The summed E-state index contributed by atoms with van der Waals surface area (Å²) in [7, 11) is 0. The van der Waals surface area contributed by atoms with E-state index in [0.29, 0.717) is 17.5 Å². The molecule has 5 nitrogen and oxygen atoms in total. The fourth-order valence-electron chi connectivity index (χ4n) is 1.67. The lowest BCUT2D eigenvalue weighted by molar-refractivity contribution is 0.961. The Bertz CT molecular complexity index is 659. The topological polar surface area (TPSA) is 63.9 Å². The van der Waals surface area contributed by atoms with Crippen LogP contribution in [0.1, 0.15) is 18.6 Å². The Morgan fingerprint density at radius 1 is 1.20 bits per heavy atom. The maximum Gasteiger partial charge on any atom is 0.163 e. The van der Waals surface area contributed by atoms with Crippen LogP contribution in [0.4, 0.5) is 0 Å². The van der Waals surface area contributed by atoms with Crippen LogP contribution in [0, 0.1) is 6.92 Å². The van der Waals surface area contributed by atoms with E-state index in [0.717, 1.165) is 11.1 Å². The molecule has 0 radical (unpaired) electrons. The minimum Gasteiger partial charge on any atom is -0.272 e. The van der Waals surface area contributed by atoms with E-state index >= 15 is 0 Å². The third-order valence-electron chi connectivity index (χ3n) is 2.61. The highest BCUT2D eigenvalue weighted by molar-refractivity contribution is 5.70. The molecule has 2 rings (SSSR count). The summed E-state index contributed by atoms with van der Waals surface area (Å²) in [5.41, 5.74) is 1.78. The Kier molecular flexibility index (Phi) is 4.44. The number of allylic oxidation sites excluding steroid dienone is 3.